The number of aromatic nitrogens is 2. The summed E-state index contributed by atoms with van der Waals surface area (Å²) in [5.74, 6) is 1.58. The smallest absolute Gasteiger partial charge is 0.131 e. The molecule has 0 aliphatic rings. The molecular weight excluding hydrogens is 214 g/mol. The Labute approximate surface area is 103 Å². The van der Waals surface area contributed by atoms with Gasteiger partial charge in [0.25, 0.3) is 0 Å². The van der Waals surface area contributed by atoms with Crippen LogP contribution < -0.4 is 16.4 Å². The van der Waals surface area contributed by atoms with Crippen molar-refractivity contribution in [3.63, 3.8) is 0 Å². The highest BCUT2D eigenvalue weighted by Gasteiger charge is 2.16. The summed E-state index contributed by atoms with van der Waals surface area (Å²) in [6, 6.07) is 1.88. The number of nitrogens with one attached hydrogen (secondary N) is 2. The van der Waals surface area contributed by atoms with Gasteiger partial charge in [-0.1, -0.05) is 6.08 Å². The van der Waals surface area contributed by atoms with E-state index in [0.29, 0.717) is 13.1 Å². The summed E-state index contributed by atoms with van der Waals surface area (Å²) in [6.45, 7) is 9.17. The molecule has 0 saturated heterocycles. The Kier molecular flexibility index (Phi) is 4.90. The van der Waals surface area contributed by atoms with Gasteiger partial charge >= 0.3 is 0 Å². The maximum Gasteiger partial charge on any atom is 0.131 e. The van der Waals surface area contributed by atoms with Crippen LogP contribution in [-0.4, -0.2) is 28.6 Å². The summed E-state index contributed by atoms with van der Waals surface area (Å²) in [4.78, 5) is 8.30. The van der Waals surface area contributed by atoms with Crippen LogP contribution in [0.3, 0.4) is 0 Å². The lowest BCUT2D eigenvalue weighted by atomic mass is 10.0. The van der Waals surface area contributed by atoms with Crippen molar-refractivity contribution in [1.82, 2.24) is 9.97 Å². The average Bonchev–Trinajstić information content (AvgIpc) is 2.26. The van der Waals surface area contributed by atoms with E-state index in [9.17, 15) is 0 Å². The first kappa shape index (κ1) is 13.4. The van der Waals surface area contributed by atoms with Gasteiger partial charge in [0.1, 0.15) is 18.0 Å². The Hall–Kier alpha value is -1.62. The molecule has 94 valence electrons. The van der Waals surface area contributed by atoms with Crippen LogP contribution in [0, 0.1) is 0 Å². The summed E-state index contributed by atoms with van der Waals surface area (Å²) in [6.07, 6.45) is 4.20. The van der Waals surface area contributed by atoms with Gasteiger partial charge in [-0.25, -0.2) is 9.97 Å². The molecule has 1 rings (SSSR count). The van der Waals surface area contributed by atoms with E-state index < -0.39 is 0 Å². The SMILES string of the molecule is C=CCNc1cc(NC(C)(C)CCN)ncn1. The van der Waals surface area contributed by atoms with Gasteiger partial charge < -0.3 is 16.4 Å². The third-order valence-corrected chi connectivity index (χ3v) is 2.33. The number of anilines is 2. The van der Waals surface area contributed by atoms with E-state index in [-0.39, 0.29) is 5.54 Å². The molecule has 17 heavy (non-hydrogen) atoms. The fourth-order valence-corrected chi connectivity index (χ4v) is 1.47. The summed E-state index contributed by atoms with van der Waals surface area (Å²) >= 11 is 0. The van der Waals surface area contributed by atoms with E-state index >= 15 is 0 Å². The van der Waals surface area contributed by atoms with E-state index in [1.54, 1.807) is 6.08 Å². The van der Waals surface area contributed by atoms with E-state index in [1.807, 2.05) is 6.07 Å². The van der Waals surface area contributed by atoms with Crippen molar-refractivity contribution in [2.24, 2.45) is 5.73 Å². The normalized spacial score (nSPS) is 11.0. The van der Waals surface area contributed by atoms with Crippen LogP contribution in [0.25, 0.3) is 0 Å². The summed E-state index contributed by atoms with van der Waals surface area (Å²) in [7, 11) is 0. The Bertz CT molecular complexity index is 362. The van der Waals surface area contributed by atoms with Crippen molar-refractivity contribution < 1.29 is 0 Å². The molecule has 0 saturated carbocycles. The highest BCUT2D eigenvalue weighted by atomic mass is 15.1. The Balaban J connectivity index is 2.67. The van der Waals surface area contributed by atoms with Gasteiger partial charge in [0.2, 0.25) is 0 Å². The van der Waals surface area contributed by atoms with Crippen LogP contribution in [0.2, 0.25) is 0 Å². The maximum absolute atomic E-state index is 5.57. The molecule has 5 heteroatoms. The third-order valence-electron chi connectivity index (χ3n) is 2.33. The number of rotatable bonds is 7. The van der Waals surface area contributed by atoms with Gasteiger partial charge in [0, 0.05) is 18.2 Å². The molecule has 1 aromatic rings. The standard InChI is InChI=1S/C12H21N5/c1-4-7-14-10-8-11(16-9-15-10)17-12(2,3)5-6-13/h4,8-9H,1,5-7,13H2,2-3H3,(H2,14,15,16,17). The van der Waals surface area contributed by atoms with Crippen molar-refractivity contribution in [2.75, 3.05) is 23.7 Å². The quantitative estimate of drug-likeness (QED) is 0.626. The first-order valence-corrected chi connectivity index (χ1v) is 5.72. The number of nitrogens with two attached hydrogens (primary N) is 1. The maximum atomic E-state index is 5.57. The summed E-state index contributed by atoms with van der Waals surface area (Å²) < 4.78 is 0. The van der Waals surface area contributed by atoms with Crippen molar-refractivity contribution in [3.05, 3.63) is 25.0 Å². The molecule has 1 heterocycles. The summed E-state index contributed by atoms with van der Waals surface area (Å²) in [5.41, 5.74) is 5.50. The zero-order chi connectivity index (χ0) is 12.7. The van der Waals surface area contributed by atoms with Crippen molar-refractivity contribution in [3.8, 4) is 0 Å². The van der Waals surface area contributed by atoms with Crippen LogP contribution in [0.1, 0.15) is 20.3 Å². The molecule has 0 radical (unpaired) electrons. The lowest BCUT2D eigenvalue weighted by molar-refractivity contribution is 0.524. The third kappa shape index (κ3) is 4.82. The lowest BCUT2D eigenvalue weighted by Crippen LogP contribution is -2.33. The molecule has 1 aromatic heterocycles. The average molecular weight is 235 g/mol. The Morgan fingerprint density at radius 2 is 2.12 bits per heavy atom. The lowest BCUT2D eigenvalue weighted by Gasteiger charge is -2.26. The van der Waals surface area contributed by atoms with E-state index in [2.05, 4.69) is 41.0 Å². The number of hydrogen-bond acceptors (Lipinski definition) is 5. The highest BCUT2D eigenvalue weighted by molar-refractivity contribution is 5.47. The topological polar surface area (TPSA) is 75.9 Å². The zero-order valence-electron chi connectivity index (χ0n) is 10.5. The minimum atomic E-state index is -0.0706. The van der Waals surface area contributed by atoms with Crippen LogP contribution in [0.5, 0.6) is 0 Å². The molecule has 0 atom stereocenters. The monoisotopic (exact) mass is 235 g/mol. The first-order valence-electron chi connectivity index (χ1n) is 5.72. The van der Waals surface area contributed by atoms with Crippen LogP contribution in [0.4, 0.5) is 11.6 Å². The molecular formula is C12H21N5. The van der Waals surface area contributed by atoms with Crippen molar-refractivity contribution >= 4 is 11.6 Å². The molecule has 0 aliphatic heterocycles. The second-order valence-electron chi connectivity index (χ2n) is 4.51. The predicted octanol–water partition coefficient (Wildman–Crippen LogP) is 1.61. The Morgan fingerprint density at radius 1 is 1.41 bits per heavy atom. The minimum absolute atomic E-state index is 0.0706. The molecule has 5 nitrogen and oxygen atoms in total. The second-order valence-corrected chi connectivity index (χ2v) is 4.51. The van der Waals surface area contributed by atoms with Crippen LogP contribution in [-0.2, 0) is 0 Å². The molecule has 0 bridgehead atoms. The van der Waals surface area contributed by atoms with Gasteiger partial charge in [-0.05, 0) is 26.8 Å². The van der Waals surface area contributed by atoms with Crippen molar-refractivity contribution in [2.45, 2.75) is 25.8 Å². The Morgan fingerprint density at radius 3 is 2.76 bits per heavy atom. The molecule has 0 aromatic carbocycles. The second kappa shape index (κ2) is 6.20. The van der Waals surface area contributed by atoms with Gasteiger partial charge in [-0.2, -0.15) is 0 Å². The molecule has 0 spiro atoms. The summed E-state index contributed by atoms with van der Waals surface area (Å²) in [5, 5.41) is 6.46. The van der Waals surface area contributed by atoms with Crippen molar-refractivity contribution in [1.29, 1.82) is 0 Å². The predicted molar refractivity (Wildman–Crippen MR) is 72.1 cm³/mol. The van der Waals surface area contributed by atoms with Crippen LogP contribution in [0.15, 0.2) is 25.0 Å². The van der Waals surface area contributed by atoms with E-state index in [4.69, 9.17) is 5.73 Å². The molecule has 0 aliphatic carbocycles. The van der Waals surface area contributed by atoms with E-state index in [0.717, 1.165) is 18.1 Å². The van der Waals surface area contributed by atoms with Gasteiger partial charge in [-0.3, -0.25) is 0 Å². The molecule has 0 fully saturated rings. The first-order chi connectivity index (χ1) is 8.07. The zero-order valence-corrected chi connectivity index (χ0v) is 10.5. The van der Waals surface area contributed by atoms with Crippen LogP contribution >= 0.6 is 0 Å². The largest absolute Gasteiger partial charge is 0.366 e. The molecule has 4 N–H and O–H groups in total. The minimum Gasteiger partial charge on any atom is -0.366 e. The van der Waals surface area contributed by atoms with Gasteiger partial charge in [0.05, 0.1) is 0 Å². The number of nitrogens with zero attached hydrogens (tertiary/aromatic N) is 2. The molecule has 0 amide bonds. The molecule has 0 unspecified atom stereocenters. The fraction of sp³-hybridized carbons (Fsp3) is 0.500. The van der Waals surface area contributed by atoms with Gasteiger partial charge in [-0.15, -0.1) is 6.58 Å². The van der Waals surface area contributed by atoms with E-state index in [1.165, 1.54) is 6.33 Å². The fourth-order valence-electron chi connectivity index (χ4n) is 1.47. The number of hydrogen-bond donors (Lipinski definition) is 3. The highest BCUT2D eigenvalue weighted by Crippen LogP contribution is 2.17. The van der Waals surface area contributed by atoms with Gasteiger partial charge in [0.15, 0.2) is 0 Å².